The van der Waals surface area contributed by atoms with Gasteiger partial charge in [0.1, 0.15) is 25.1 Å². The minimum atomic E-state index is -1.38. The molecule has 4 N–H and O–H groups in total. The van der Waals surface area contributed by atoms with E-state index in [9.17, 15) is 15.0 Å². The molecule has 0 unspecified atom stereocenters. The molecule has 2 aliphatic rings. The van der Waals surface area contributed by atoms with Crippen molar-refractivity contribution in [1.82, 2.24) is 34.2 Å². The van der Waals surface area contributed by atoms with Crippen LogP contribution in [0.15, 0.2) is 49.2 Å². The summed E-state index contributed by atoms with van der Waals surface area (Å²) in [6, 6.07) is 10.4. The van der Waals surface area contributed by atoms with Crippen LogP contribution >= 0.6 is 0 Å². The van der Waals surface area contributed by atoms with Crippen molar-refractivity contribution < 1.29 is 24.5 Å². The predicted molar refractivity (Wildman–Crippen MR) is 165 cm³/mol. The summed E-state index contributed by atoms with van der Waals surface area (Å²) in [4.78, 5) is 30.6. The summed E-state index contributed by atoms with van der Waals surface area (Å²) in [6.07, 6.45) is 2.38. The minimum absolute atomic E-state index is 0.105. The predicted octanol–water partition coefficient (Wildman–Crippen LogP) is 2.53. The van der Waals surface area contributed by atoms with E-state index in [0.717, 1.165) is 41.2 Å². The molecule has 13 heteroatoms. The average molecular weight is 613 g/mol. The summed E-state index contributed by atoms with van der Waals surface area (Å²) in [5, 5.41) is 27.5. The van der Waals surface area contributed by atoms with E-state index in [2.05, 4.69) is 62.0 Å². The molecule has 2 fully saturated rings. The molecule has 1 saturated carbocycles. The topological polar surface area (TPSA) is 161 Å². The van der Waals surface area contributed by atoms with Gasteiger partial charge >= 0.3 is 0 Å². The number of carbonyl (C=O) groups excluding carboxylic acids is 1. The first kappa shape index (κ1) is 29.1. The van der Waals surface area contributed by atoms with E-state index in [1.807, 2.05) is 25.3 Å². The molecule has 4 atom stereocenters. The number of ether oxygens (including phenoxy) is 2. The lowest BCUT2D eigenvalue weighted by Crippen LogP contribution is -2.43. The van der Waals surface area contributed by atoms with Gasteiger partial charge in [-0.3, -0.25) is 9.36 Å². The van der Waals surface area contributed by atoms with E-state index >= 15 is 0 Å². The third-order valence-corrected chi connectivity index (χ3v) is 8.51. The molecule has 0 bridgehead atoms. The summed E-state index contributed by atoms with van der Waals surface area (Å²) in [5.41, 5.74) is 7.12. The largest absolute Gasteiger partial charge is 0.485 e. The fraction of sp³-hybridized carbons (Fsp3) is 0.406. The zero-order chi connectivity index (χ0) is 31.2. The Balaban J connectivity index is 1.05. The van der Waals surface area contributed by atoms with Crippen molar-refractivity contribution in [2.45, 2.75) is 77.2 Å². The number of anilines is 1. The van der Waals surface area contributed by atoms with Crippen LogP contribution in [-0.2, 0) is 22.6 Å². The van der Waals surface area contributed by atoms with Gasteiger partial charge in [-0.1, -0.05) is 23.8 Å². The van der Waals surface area contributed by atoms with Gasteiger partial charge in [0.25, 0.3) is 5.91 Å². The number of aryl methyl sites for hydroxylation is 3. The number of hydrogen-bond acceptors (Lipinski definition) is 10. The Kier molecular flexibility index (Phi) is 7.59. The lowest BCUT2D eigenvalue weighted by molar-refractivity contribution is -0.137. The fourth-order valence-corrected chi connectivity index (χ4v) is 5.81. The number of nitrogens with one attached hydrogen (secondary N) is 2. The first-order chi connectivity index (χ1) is 21.8. The van der Waals surface area contributed by atoms with Crippen LogP contribution in [-0.4, -0.2) is 75.9 Å². The summed E-state index contributed by atoms with van der Waals surface area (Å²) in [7, 11) is 0. The summed E-state index contributed by atoms with van der Waals surface area (Å²) >= 11 is 0. The number of pyridine rings is 1. The third-order valence-electron chi connectivity index (χ3n) is 8.51. The van der Waals surface area contributed by atoms with Crippen LogP contribution in [0.1, 0.15) is 47.1 Å². The van der Waals surface area contributed by atoms with E-state index in [4.69, 9.17) is 14.5 Å². The van der Waals surface area contributed by atoms with Crippen molar-refractivity contribution in [3.8, 4) is 5.75 Å². The van der Waals surface area contributed by atoms with Crippen LogP contribution in [0.5, 0.6) is 5.75 Å². The number of carbonyl (C=O) groups is 1. The van der Waals surface area contributed by atoms with Crippen LogP contribution in [0.3, 0.4) is 0 Å². The zero-order valence-corrected chi connectivity index (χ0v) is 25.3. The highest BCUT2D eigenvalue weighted by Crippen LogP contribution is 2.33. The van der Waals surface area contributed by atoms with Crippen LogP contribution in [0.2, 0.25) is 0 Å². The number of fused-ring (bicyclic) bond motifs is 2. The molecule has 5 heterocycles. The molecule has 1 amide bonds. The summed E-state index contributed by atoms with van der Waals surface area (Å²) in [6.45, 7) is 7.14. The maximum atomic E-state index is 12.6. The summed E-state index contributed by atoms with van der Waals surface area (Å²) < 4.78 is 15.6. The number of aromatic nitrogens is 6. The van der Waals surface area contributed by atoms with Crippen molar-refractivity contribution in [3.05, 3.63) is 77.3 Å². The molecule has 234 valence electrons. The van der Waals surface area contributed by atoms with Gasteiger partial charge in [-0.15, -0.1) is 0 Å². The van der Waals surface area contributed by atoms with Gasteiger partial charge in [-0.05, 0) is 56.9 Å². The molecule has 1 aliphatic carbocycles. The number of aliphatic hydroxyl groups is 2. The highest BCUT2D eigenvalue weighted by molar-refractivity contribution is 5.84. The lowest BCUT2D eigenvalue weighted by Gasteiger charge is -2.16. The van der Waals surface area contributed by atoms with Crippen molar-refractivity contribution in [2.75, 3.05) is 11.9 Å². The first-order valence-corrected chi connectivity index (χ1v) is 15.2. The van der Waals surface area contributed by atoms with Gasteiger partial charge in [0.05, 0.1) is 12.0 Å². The smallest absolute Gasteiger partial charge is 0.252 e. The van der Waals surface area contributed by atoms with Gasteiger partial charge in [0, 0.05) is 30.9 Å². The molecule has 45 heavy (non-hydrogen) atoms. The second kappa shape index (κ2) is 11.7. The Labute approximate surface area is 259 Å². The van der Waals surface area contributed by atoms with Crippen LogP contribution in [0.25, 0.3) is 16.8 Å². The average Bonchev–Trinajstić information content (AvgIpc) is 3.53. The van der Waals surface area contributed by atoms with Gasteiger partial charge in [0.2, 0.25) is 0 Å². The molecule has 1 aliphatic heterocycles. The standard InChI is InChI=1S/C32H36N8O5/c1-17-6-7-18(2)20(13-17)14-44-23-5-4-12-39-22(19(3)37-29(23)39)10-11-33-28-24-30(35-15-34-28)40(16-36-24)32-26(42)25(41)27(45-32)31(43)38-21-8-9-21/h4-7,12-13,15-16,21,25-27,32,41-42H,8-11,14H2,1-3H3,(H,38,43)(H,33,34,35)/t25-,26+,27-,32+/m0/s1. The monoisotopic (exact) mass is 612 g/mol. The molecular formula is C32H36N8O5. The Bertz CT molecular complexity index is 1880. The zero-order valence-electron chi connectivity index (χ0n) is 25.3. The number of benzene rings is 1. The lowest BCUT2D eigenvalue weighted by atomic mass is 10.1. The molecule has 1 aromatic carbocycles. The SMILES string of the molecule is Cc1ccc(C)c(COc2cccn3c(CCNc4ncnc5c4ncn5[C@@H]4O[C@H](C(=O)NC5CC5)[C@@H](O)[C@H]4O)c(C)nc23)c1. The highest BCUT2D eigenvalue weighted by Gasteiger charge is 2.48. The summed E-state index contributed by atoms with van der Waals surface area (Å²) in [5.74, 6) is 0.798. The molecule has 5 aromatic rings. The number of imidazole rings is 2. The molecular weight excluding hydrogens is 576 g/mol. The second-order valence-electron chi connectivity index (χ2n) is 11.9. The maximum absolute atomic E-state index is 12.6. The number of hydrogen-bond donors (Lipinski definition) is 4. The molecule has 0 radical (unpaired) electrons. The molecule has 1 saturated heterocycles. The normalized spacial score (nSPS) is 21.4. The van der Waals surface area contributed by atoms with E-state index in [0.29, 0.717) is 36.6 Å². The Hall–Kier alpha value is -4.59. The van der Waals surface area contributed by atoms with Gasteiger partial charge < -0.3 is 34.7 Å². The number of rotatable bonds is 10. The second-order valence-corrected chi connectivity index (χ2v) is 11.9. The van der Waals surface area contributed by atoms with Crippen LogP contribution in [0.4, 0.5) is 5.82 Å². The van der Waals surface area contributed by atoms with Gasteiger partial charge in [0.15, 0.2) is 40.7 Å². The van der Waals surface area contributed by atoms with Gasteiger partial charge in [-0.25, -0.2) is 19.9 Å². The quantitative estimate of drug-likeness (QED) is 0.185. The highest BCUT2D eigenvalue weighted by atomic mass is 16.6. The fourth-order valence-electron chi connectivity index (χ4n) is 5.81. The first-order valence-electron chi connectivity index (χ1n) is 15.2. The Morgan fingerprint density at radius 2 is 1.93 bits per heavy atom. The number of amides is 1. The van der Waals surface area contributed by atoms with E-state index in [1.54, 1.807) is 0 Å². The van der Waals surface area contributed by atoms with Crippen LogP contribution < -0.4 is 15.4 Å². The van der Waals surface area contributed by atoms with Gasteiger partial charge in [-0.2, -0.15) is 0 Å². The van der Waals surface area contributed by atoms with Crippen LogP contribution in [0, 0.1) is 20.8 Å². The van der Waals surface area contributed by atoms with Crippen molar-refractivity contribution in [2.24, 2.45) is 0 Å². The number of aliphatic hydroxyl groups excluding tert-OH is 2. The molecule has 7 rings (SSSR count). The van der Waals surface area contributed by atoms with Crippen molar-refractivity contribution in [1.29, 1.82) is 0 Å². The molecule has 0 spiro atoms. The molecule has 13 nitrogen and oxygen atoms in total. The van der Waals surface area contributed by atoms with Crippen molar-refractivity contribution in [3.63, 3.8) is 0 Å². The maximum Gasteiger partial charge on any atom is 0.252 e. The van der Waals surface area contributed by atoms with E-state index in [-0.39, 0.29) is 6.04 Å². The van der Waals surface area contributed by atoms with E-state index in [1.165, 1.54) is 28.3 Å². The van der Waals surface area contributed by atoms with E-state index < -0.39 is 30.4 Å². The van der Waals surface area contributed by atoms with Crippen molar-refractivity contribution >= 4 is 28.5 Å². The minimum Gasteiger partial charge on any atom is -0.485 e. The molecule has 4 aromatic heterocycles. The Morgan fingerprint density at radius 1 is 1.09 bits per heavy atom. The number of nitrogens with zero attached hydrogens (tertiary/aromatic N) is 6. The third kappa shape index (κ3) is 5.58. The Morgan fingerprint density at radius 3 is 2.76 bits per heavy atom.